The third-order valence-corrected chi connectivity index (χ3v) is 10.5. The van der Waals surface area contributed by atoms with Crippen molar-refractivity contribution in [3.8, 4) is 40.5 Å². The van der Waals surface area contributed by atoms with Crippen LogP contribution in [0.1, 0.15) is 57.5 Å². The number of fused-ring (bicyclic) bond motifs is 1. The molecule has 0 bridgehead atoms. The summed E-state index contributed by atoms with van der Waals surface area (Å²) in [7, 11) is 1.39. The van der Waals surface area contributed by atoms with Crippen molar-refractivity contribution < 1.29 is 37.3 Å². The maximum absolute atomic E-state index is 14.4. The molecule has 14 heteroatoms. The van der Waals surface area contributed by atoms with E-state index in [9.17, 15) is 38.7 Å². The number of halogens is 3. The average Bonchev–Trinajstić information content (AvgIpc) is 3.93. The Bertz CT molecular complexity index is 2450. The molecule has 5 aromatic rings. The van der Waals surface area contributed by atoms with E-state index in [0.717, 1.165) is 11.6 Å². The summed E-state index contributed by atoms with van der Waals surface area (Å²) in [5.41, 5.74) is 3.98. The molecule has 0 radical (unpaired) electrons. The van der Waals surface area contributed by atoms with Crippen LogP contribution in [0.15, 0.2) is 59.1 Å². The number of nitriles is 2. The normalized spacial score (nSPS) is 17.8. The van der Waals surface area contributed by atoms with E-state index < -0.39 is 29.7 Å². The van der Waals surface area contributed by atoms with Crippen LogP contribution in [-0.4, -0.2) is 75.3 Å². The van der Waals surface area contributed by atoms with Gasteiger partial charge in [0.2, 0.25) is 5.89 Å². The van der Waals surface area contributed by atoms with Gasteiger partial charge in [0.1, 0.15) is 23.4 Å². The maximum atomic E-state index is 14.4. The highest BCUT2D eigenvalue weighted by Gasteiger charge is 2.35. The number of aliphatic hydroxyl groups excluding tert-OH is 1. The minimum absolute atomic E-state index is 0.148. The highest BCUT2D eigenvalue weighted by atomic mass is 19.4. The SMILES string of the molecule is COc1cc(/C=C/c2nccc(-c3cccc(-c4nc5cc(CN6CCC(C(=O)O)C6)cc(C#N)c5o4)c3C)c2C#N)c(C(F)(F)F)cc1CN1CC[C@@H](O)C1. The Labute approximate surface area is 320 Å². The lowest BCUT2D eigenvalue weighted by Crippen LogP contribution is -2.22. The molecule has 56 heavy (non-hydrogen) atoms. The second-order valence-corrected chi connectivity index (χ2v) is 14.2. The zero-order valence-electron chi connectivity index (χ0n) is 30.6. The number of hydrogen-bond donors (Lipinski definition) is 2. The number of β-amino-alcohol motifs (C(OH)–C–C–N with tert-alkyl or cyclic N) is 1. The molecular weight excluding hydrogens is 725 g/mol. The molecule has 2 aliphatic heterocycles. The van der Waals surface area contributed by atoms with Crippen molar-refractivity contribution in [2.24, 2.45) is 5.92 Å². The van der Waals surface area contributed by atoms with Crippen molar-refractivity contribution in [2.45, 2.75) is 45.1 Å². The predicted octanol–water partition coefficient (Wildman–Crippen LogP) is 7.28. The number of rotatable bonds is 10. The van der Waals surface area contributed by atoms with E-state index in [-0.39, 0.29) is 35.0 Å². The zero-order chi connectivity index (χ0) is 39.7. The third kappa shape index (κ3) is 7.72. The number of aliphatic carboxylic acids is 1. The molecule has 0 amide bonds. The Morgan fingerprint density at radius 3 is 2.46 bits per heavy atom. The van der Waals surface area contributed by atoms with Crippen molar-refractivity contribution in [3.05, 3.63) is 99.4 Å². The summed E-state index contributed by atoms with van der Waals surface area (Å²) in [4.78, 5) is 24.4. The van der Waals surface area contributed by atoms with Crippen LogP contribution in [0.25, 0.3) is 45.8 Å². The van der Waals surface area contributed by atoms with Crippen molar-refractivity contribution in [2.75, 3.05) is 33.3 Å². The van der Waals surface area contributed by atoms with Crippen molar-refractivity contribution >= 4 is 29.2 Å². The van der Waals surface area contributed by atoms with Crippen LogP contribution >= 0.6 is 0 Å². The second-order valence-electron chi connectivity index (χ2n) is 14.2. The zero-order valence-corrected chi connectivity index (χ0v) is 30.6. The van der Waals surface area contributed by atoms with Crippen LogP contribution < -0.4 is 4.74 Å². The van der Waals surface area contributed by atoms with Gasteiger partial charge in [0, 0.05) is 55.6 Å². The van der Waals surface area contributed by atoms with E-state index >= 15 is 0 Å². The average molecular weight is 763 g/mol. The highest BCUT2D eigenvalue weighted by Crippen LogP contribution is 2.39. The topological polar surface area (TPSA) is 160 Å². The fraction of sp³-hybridized carbons (Fsp3) is 0.310. The molecule has 11 nitrogen and oxygen atoms in total. The maximum Gasteiger partial charge on any atom is 0.417 e. The van der Waals surface area contributed by atoms with Gasteiger partial charge in [0.25, 0.3) is 0 Å². The van der Waals surface area contributed by atoms with Crippen LogP contribution in [0, 0.1) is 35.5 Å². The molecule has 0 aliphatic carbocycles. The number of likely N-dealkylation sites (tertiary alicyclic amines) is 2. The van der Waals surface area contributed by atoms with E-state index in [1.54, 1.807) is 18.2 Å². The standard InChI is InChI=1S/C42H37F3N6O5/c1-24-31(4-3-5-32(24)40-49-37-15-25(14-28(18-46)39(37)56-40)20-50-12-9-27(21-50)41(53)54)33-8-11-48-36(34(33)19-47)7-6-26-17-38(55-2)29(16-35(26)42(43,44)45)22-51-13-10-30(52)23-51/h3-8,11,14-17,27,30,52H,9-10,12-13,20-23H2,1-2H3,(H,53,54)/b7-6+/t27?,30-/m1/s1. The molecule has 2 aromatic heterocycles. The number of methoxy groups -OCH3 is 1. The lowest BCUT2D eigenvalue weighted by molar-refractivity contribution is -0.141. The summed E-state index contributed by atoms with van der Waals surface area (Å²) in [5.74, 6) is -0.723. The van der Waals surface area contributed by atoms with Crippen LogP contribution in [-0.2, 0) is 24.1 Å². The number of aliphatic hydroxyl groups is 1. The van der Waals surface area contributed by atoms with Gasteiger partial charge in [-0.1, -0.05) is 18.2 Å². The Morgan fingerprint density at radius 1 is 1.02 bits per heavy atom. The van der Waals surface area contributed by atoms with Crippen LogP contribution in [0.2, 0.25) is 0 Å². The molecule has 0 spiro atoms. The first-order valence-corrected chi connectivity index (χ1v) is 18.0. The second kappa shape index (κ2) is 15.6. The van der Waals surface area contributed by atoms with Crippen molar-refractivity contribution in [1.29, 1.82) is 10.5 Å². The quantitative estimate of drug-likeness (QED) is 0.147. The lowest BCUT2D eigenvalue weighted by Gasteiger charge is -2.20. The molecule has 2 aliphatic rings. The Hall–Kier alpha value is -6.06. The number of carboxylic acids is 1. The monoisotopic (exact) mass is 762 g/mol. The van der Waals surface area contributed by atoms with Gasteiger partial charge in [0.05, 0.1) is 41.5 Å². The fourth-order valence-corrected chi connectivity index (χ4v) is 7.62. The van der Waals surface area contributed by atoms with Crippen LogP contribution in [0.3, 0.4) is 0 Å². The Balaban J connectivity index is 1.21. The molecule has 4 heterocycles. The molecule has 286 valence electrons. The molecule has 1 unspecified atom stereocenters. The van der Waals surface area contributed by atoms with Crippen LogP contribution in [0.5, 0.6) is 5.75 Å². The van der Waals surface area contributed by atoms with Gasteiger partial charge in [0.15, 0.2) is 5.58 Å². The molecule has 0 saturated carbocycles. The first kappa shape index (κ1) is 38.2. The minimum Gasteiger partial charge on any atom is -0.496 e. The van der Waals surface area contributed by atoms with Gasteiger partial charge in [-0.25, -0.2) is 4.98 Å². The Kier molecular flexibility index (Phi) is 10.6. The Morgan fingerprint density at radius 2 is 1.79 bits per heavy atom. The number of carbonyl (C=O) groups is 1. The van der Waals surface area contributed by atoms with Crippen molar-refractivity contribution in [3.63, 3.8) is 0 Å². The number of carboxylic acid groups (broad SMARTS) is 1. The number of oxazole rings is 1. The van der Waals surface area contributed by atoms with Crippen molar-refractivity contribution in [1.82, 2.24) is 19.8 Å². The summed E-state index contributed by atoms with van der Waals surface area (Å²) in [6.45, 7) is 4.46. The summed E-state index contributed by atoms with van der Waals surface area (Å²) in [6.07, 6.45) is 0.0453. The smallest absolute Gasteiger partial charge is 0.417 e. The molecule has 2 fully saturated rings. The number of nitrogens with zero attached hydrogens (tertiary/aromatic N) is 6. The summed E-state index contributed by atoms with van der Waals surface area (Å²) < 4.78 is 54.9. The number of alkyl halides is 3. The van der Waals surface area contributed by atoms with Gasteiger partial charge in [-0.05, 0) is 91.0 Å². The largest absolute Gasteiger partial charge is 0.496 e. The van der Waals surface area contributed by atoms with E-state index in [1.807, 2.05) is 34.9 Å². The van der Waals surface area contributed by atoms with Gasteiger partial charge < -0.3 is 19.4 Å². The van der Waals surface area contributed by atoms with E-state index in [2.05, 4.69) is 17.1 Å². The number of aromatic nitrogens is 2. The lowest BCUT2D eigenvalue weighted by atomic mass is 9.93. The molecule has 2 saturated heterocycles. The first-order valence-electron chi connectivity index (χ1n) is 18.0. The van der Waals surface area contributed by atoms with E-state index in [0.29, 0.717) is 90.0 Å². The molecule has 2 atom stereocenters. The third-order valence-electron chi connectivity index (χ3n) is 10.5. The number of ether oxygens (including phenoxy) is 1. The predicted molar refractivity (Wildman–Crippen MR) is 201 cm³/mol. The van der Waals surface area contributed by atoms with Gasteiger partial charge in [-0.3, -0.25) is 19.6 Å². The van der Waals surface area contributed by atoms with Gasteiger partial charge >= 0.3 is 12.1 Å². The molecule has 3 aromatic carbocycles. The summed E-state index contributed by atoms with van der Waals surface area (Å²) in [5, 5.41) is 39.7. The van der Waals surface area contributed by atoms with E-state index in [4.69, 9.17) is 14.1 Å². The van der Waals surface area contributed by atoms with Crippen LogP contribution in [0.4, 0.5) is 13.2 Å². The number of hydrogen-bond acceptors (Lipinski definition) is 10. The highest BCUT2D eigenvalue weighted by molar-refractivity contribution is 5.86. The summed E-state index contributed by atoms with van der Waals surface area (Å²) in [6, 6.07) is 17.4. The number of pyridine rings is 1. The molecular formula is C42H37F3N6O5. The number of benzene rings is 3. The minimum atomic E-state index is -4.68. The summed E-state index contributed by atoms with van der Waals surface area (Å²) >= 11 is 0. The van der Waals surface area contributed by atoms with Gasteiger partial charge in [-0.2, -0.15) is 23.7 Å². The van der Waals surface area contributed by atoms with Gasteiger partial charge in [-0.15, -0.1) is 0 Å². The van der Waals surface area contributed by atoms with E-state index in [1.165, 1.54) is 31.5 Å². The molecule has 2 N–H and O–H groups in total. The fourth-order valence-electron chi connectivity index (χ4n) is 7.62. The first-order chi connectivity index (χ1) is 26.9. The molecule has 7 rings (SSSR count).